The van der Waals surface area contributed by atoms with E-state index in [2.05, 4.69) is 9.82 Å². The van der Waals surface area contributed by atoms with E-state index in [9.17, 15) is 14.0 Å². The molecule has 3 N–H and O–H groups in total. The largest absolute Gasteiger partial charge is 0.379 e. The minimum absolute atomic E-state index is 0.168. The van der Waals surface area contributed by atoms with Crippen molar-refractivity contribution in [3.63, 3.8) is 0 Å². The maximum atomic E-state index is 11.0. The lowest BCUT2D eigenvalue weighted by Crippen LogP contribution is -2.65. The third-order valence-corrected chi connectivity index (χ3v) is 3.42. The van der Waals surface area contributed by atoms with Gasteiger partial charge in [-0.15, -0.1) is 4.68 Å². The highest BCUT2D eigenvalue weighted by Crippen LogP contribution is 2.28. The molecule has 110 valence electrons. The summed E-state index contributed by atoms with van der Waals surface area (Å²) in [6, 6.07) is 9.10. The van der Waals surface area contributed by atoms with E-state index in [0.717, 1.165) is 10.4 Å². The molecular formula is C12H12ClN4O4+. The van der Waals surface area contributed by atoms with Crippen molar-refractivity contribution in [2.75, 3.05) is 10.5 Å². The summed E-state index contributed by atoms with van der Waals surface area (Å²) in [5.41, 5.74) is 8.90. The van der Waals surface area contributed by atoms with Gasteiger partial charge in [-0.2, -0.15) is 14.0 Å². The maximum absolute atomic E-state index is 11.0. The number of anilines is 1. The predicted octanol–water partition coefficient (Wildman–Crippen LogP) is -2.53. The van der Waals surface area contributed by atoms with E-state index < -0.39 is 10.2 Å². The van der Waals surface area contributed by atoms with E-state index >= 15 is 0 Å². The molecule has 1 aliphatic heterocycles. The Labute approximate surface area is 121 Å². The Kier molecular flexibility index (Phi) is 3.12. The number of allylic oxidation sites excluding steroid dienone is 1. The number of nitrogens with one attached hydrogen (secondary N) is 1. The van der Waals surface area contributed by atoms with Crippen LogP contribution in [-0.2, 0) is 4.39 Å². The van der Waals surface area contributed by atoms with Crippen molar-refractivity contribution in [2.24, 2.45) is 5.73 Å². The van der Waals surface area contributed by atoms with Gasteiger partial charge in [0.05, 0.1) is 10.4 Å². The highest BCUT2D eigenvalue weighted by atomic mass is 35.7. The molecule has 0 bridgehead atoms. The minimum Gasteiger partial charge on any atom is -0.379 e. The van der Waals surface area contributed by atoms with Gasteiger partial charge < -0.3 is 5.73 Å². The molecule has 1 aromatic heterocycles. The van der Waals surface area contributed by atoms with Crippen LogP contribution in [0.1, 0.15) is 6.92 Å². The van der Waals surface area contributed by atoms with E-state index in [4.69, 9.17) is 5.73 Å². The number of nitrogens with two attached hydrogens (primary N) is 1. The van der Waals surface area contributed by atoms with Crippen LogP contribution in [0.4, 0.5) is 5.82 Å². The topological polar surface area (TPSA) is 124 Å². The van der Waals surface area contributed by atoms with Crippen molar-refractivity contribution in [3.8, 4) is 0 Å². The SMILES string of the molecule is CC1=C(N)N[n+]2ccc3ccccc3c2N1O[Cl+3]([O-])([O-])[O-]. The molecule has 8 nitrogen and oxygen atoms in total. The molecule has 0 aliphatic carbocycles. The van der Waals surface area contributed by atoms with Crippen LogP contribution >= 0.6 is 0 Å². The number of benzene rings is 1. The van der Waals surface area contributed by atoms with E-state index in [1.54, 1.807) is 18.3 Å². The molecular weight excluding hydrogens is 300 g/mol. The number of hydrogen-bond donors (Lipinski definition) is 2. The Morgan fingerprint density at radius 3 is 2.67 bits per heavy atom. The zero-order chi connectivity index (χ0) is 15.2. The van der Waals surface area contributed by atoms with Gasteiger partial charge in [0.25, 0.3) is 4.39 Å². The molecule has 21 heavy (non-hydrogen) atoms. The van der Waals surface area contributed by atoms with Crippen LogP contribution in [0, 0.1) is 10.2 Å². The van der Waals surface area contributed by atoms with Gasteiger partial charge in [-0.05, 0) is 17.5 Å². The fourth-order valence-corrected chi connectivity index (χ4v) is 2.48. The average molecular weight is 312 g/mol. The van der Waals surface area contributed by atoms with Gasteiger partial charge in [0.15, 0.2) is 11.5 Å². The van der Waals surface area contributed by atoms with Crippen molar-refractivity contribution in [2.45, 2.75) is 6.92 Å². The van der Waals surface area contributed by atoms with Gasteiger partial charge >= 0.3 is 5.82 Å². The summed E-state index contributed by atoms with van der Waals surface area (Å²) >= 11 is 0. The Morgan fingerprint density at radius 2 is 1.95 bits per heavy atom. The normalized spacial score (nSPS) is 15.1. The Morgan fingerprint density at radius 1 is 1.24 bits per heavy atom. The number of nitrogens with zero attached hydrogens (tertiary/aromatic N) is 2. The van der Waals surface area contributed by atoms with E-state index in [1.165, 1.54) is 11.6 Å². The number of halogens is 1. The Bertz CT molecular complexity index is 744. The van der Waals surface area contributed by atoms with Gasteiger partial charge in [-0.1, -0.05) is 18.2 Å². The van der Waals surface area contributed by atoms with Crippen LogP contribution < -0.4 is 34.9 Å². The Hall–Kier alpha value is -2.10. The number of hydrogen-bond acceptors (Lipinski definition) is 7. The zero-order valence-electron chi connectivity index (χ0n) is 10.9. The molecule has 2 aromatic rings. The molecule has 1 aliphatic rings. The molecule has 0 amide bonds. The quantitative estimate of drug-likeness (QED) is 0.586. The molecule has 0 radical (unpaired) electrons. The van der Waals surface area contributed by atoms with Gasteiger partial charge in [-0.25, -0.2) is 5.43 Å². The number of fused-ring (bicyclic) bond motifs is 3. The molecule has 0 saturated carbocycles. The molecule has 2 heterocycles. The molecule has 0 spiro atoms. The number of hydroxylamine groups is 1. The highest BCUT2D eigenvalue weighted by Gasteiger charge is 2.44. The van der Waals surface area contributed by atoms with E-state index in [0.29, 0.717) is 11.2 Å². The first-order valence-corrected chi connectivity index (χ1v) is 7.17. The van der Waals surface area contributed by atoms with Gasteiger partial charge in [0.2, 0.25) is 0 Å². The van der Waals surface area contributed by atoms with Crippen molar-refractivity contribution >= 4 is 16.6 Å². The fourth-order valence-electron chi connectivity index (χ4n) is 2.15. The van der Waals surface area contributed by atoms with E-state index in [1.807, 2.05) is 18.2 Å². The maximum Gasteiger partial charge on any atom is 0.358 e. The predicted molar refractivity (Wildman–Crippen MR) is 64.0 cm³/mol. The van der Waals surface area contributed by atoms with Gasteiger partial charge in [0, 0.05) is 6.92 Å². The smallest absolute Gasteiger partial charge is 0.358 e. The summed E-state index contributed by atoms with van der Waals surface area (Å²) in [6.45, 7) is 1.54. The van der Waals surface area contributed by atoms with Crippen LogP contribution in [0.25, 0.3) is 10.8 Å². The van der Waals surface area contributed by atoms with Crippen LogP contribution in [0.2, 0.25) is 0 Å². The van der Waals surface area contributed by atoms with Crippen LogP contribution in [0.15, 0.2) is 48.0 Å². The zero-order valence-corrected chi connectivity index (χ0v) is 11.7. The number of pyridine rings is 1. The first-order valence-electron chi connectivity index (χ1n) is 5.94. The van der Waals surface area contributed by atoms with Crippen molar-refractivity contribution in [3.05, 3.63) is 48.0 Å². The molecule has 9 heteroatoms. The number of aromatic nitrogens is 1. The third-order valence-electron chi connectivity index (χ3n) is 3.11. The average Bonchev–Trinajstić information content (AvgIpc) is 2.42. The summed E-state index contributed by atoms with van der Waals surface area (Å²) in [7, 11) is -4.66. The second-order valence-electron chi connectivity index (χ2n) is 4.45. The second-order valence-corrected chi connectivity index (χ2v) is 5.34. The standard InChI is InChI=1S/C12H12ClN4O4/c1-8-11(14)15-16-7-6-9-4-2-3-5-10(9)12(16)17(8)21-13(18,19)20/h2-7,15H,14H2,1H3/q+1. The highest BCUT2D eigenvalue weighted by molar-refractivity contribution is 5.91. The monoisotopic (exact) mass is 311 g/mol. The lowest BCUT2D eigenvalue weighted by molar-refractivity contribution is -1.92. The van der Waals surface area contributed by atoms with Crippen molar-refractivity contribution < 1.29 is 33.3 Å². The van der Waals surface area contributed by atoms with Gasteiger partial charge in [0.1, 0.15) is 16.4 Å². The lowest BCUT2D eigenvalue weighted by Gasteiger charge is -2.22. The summed E-state index contributed by atoms with van der Waals surface area (Å²) < 4.78 is 38.9. The van der Waals surface area contributed by atoms with E-state index in [-0.39, 0.29) is 11.5 Å². The lowest BCUT2D eigenvalue weighted by atomic mass is 10.1. The Balaban J connectivity index is 2.23. The molecule has 0 fully saturated rings. The van der Waals surface area contributed by atoms with Gasteiger partial charge in [-0.3, -0.25) is 0 Å². The first kappa shape index (κ1) is 13.9. The third kappa shape index (κ3) is 2.46. The molecule has 0 saturated heterocycles. The summed E-state index contributed by atoms with van der Waals surface area (Å²) in [6.07, 6.45) is 1.65. The van der Waals surface area contributed by atoms with Crippen LogP contribution in [-0.4, -0.2) is 0 Å². The van der Waals surface area contributed by atoms with Crippen LogP contribution in [0.5, 0.6) is 0 Å². The van der Waals surface area contributed by atoms with Crippen molar-refractivity contribution in [1.82, 2.24) is 0 Å². The molecule has 3 rings (SSSR count). The van der Waals surface area contributed by atoms with Crippen molar-refractivity contribution in [1.29, 1.82) is 0 Å². The summed E-state index contributed by atoms with van der Waals surface area (Å²) in [5.74, 6) is 0.508. The second kappa shape index (κ2) is 4.72. The first-order chi connectivity index (χ1) is 9.87. The van der Waals surface area contributed by atoms with Crippen LogP contribution in [0.3, 0.4) is 0 Å². The minimum atomic E-state index is -4.66. The molecule has 1 aromatic carbocycles. The number of rotatable bonds is 2. The fraction of sp³-hybridized carbons (Fsp3) is 0.0833. The molecule has 0 unspecified atom stereocenters. The summed E-state index contributed by atoms with van der Waals surface area (Å²) in [4.78, 5) is 0. The summed E-state index contributed by atoms with van der Waals surface area (Å²) in [5, 5.41) is 2.45. The molecule has 0 atom stereocenters.